The number of rotatable bonds is 7. The van der Waals surface area contributed by atoms with E-state index in [-0.39, 0.29) is 13.0 Å². The van der Waals surface area contributed by atoms with Gasteiger partial charge in [-0.2, -0.15) is 5.10 Å². The molecule has 0 aromatic carbocycles. The molecular weight excluding hydrogens is 272 g/mol. The summed E-state index contributed by atoms with van der Waals surface area (Å²) in [5.41, 5.74) is -0.0482. The van der Waals surface area contributed by atoms with Crippen LogP contribution in [0.2, 0.25) is 0 Å². The third-order valence-electron chi connectivity index (χ3n) is 3.75. The van der Waals surface area contributed by atoms with Crippen LogP contribution in [0.25, 0.3) is 0 Å². The average molecular weight is 296 g/mol. The van der Waals surface area contributed by atoms with Crippen LogP contribution < -0.4 is 0 Å². The van der Waals surface area contributed by atoms with Gasteiger partial charge >= 0.3 is 11.9 Å². The van der Waals surface area contributed by atoms with Crippen LogP contribution in [-0.2, 0) is 27.3 Å². The molecule has 1 aromatic rings. The quantitative estimate of drug-likeness (QED) is 0.615. The number of carbonyl (C=O) groups is 2. The van der Waals surface area contributed by atoms with Gasteiger partial charge in [0.15, 0.2) is 5.41 Å². The maximum absolute atomic E-state index is 12.3. The Bertz CT molecular complexity index is 522. The van der Waals surface area contributed by atoms with E-state index in [0.29, 0.717) is 6.54 Å². The summed E-state index contributed by atoms with van der Waals surface area (Å²) in [6.07, 6.45) is 0.0769. The minimum absolute atomic E-state index is 0.0769. The van der Waals surface area contributed by atoms with Crippen molar-refractivity contribution >= 4 is 11.9 Å². The normalized spacial score (nSPS) is 14.0. The second-order valence-corrected chi connectivity index (χ2v) is 5.42. The van der Waals surface area contributed by atoms with E-state index in [0.717, 1.165) is 11.4 Å². The molecule has 6 nitrogen and oxygen atoms in total. The number of carboxylic acid groups (broad SMARTS) is 1. The Morgan fingerprint density at radius 1 is 1.43 bits per heavy atom. The fourth-order valence-electron chi connectivity index (χ4n) is 2.48. The van der Waals surface area contributed by atoms with Crippen LogP contribution in [0.5, 0.6) is 0 Å². The lowest BCUT2D eigenvalue weighted by Crippen LogP contribution is -2.47. The van der Waals surface area contributed by atoms with Crippen LogP contribution in [0, 0.1) is 18.3 Å². The summed E-state index contributed by atoms with van der Waals surface area (Å²) in [5, 5.41) is 14.0. The van der Waals surface area contributed by atoms with E-state index in [4.69, 9.17) is 4.74 Å². The molecule has 0 saturated carbocycles. The van der Waals surface area contributed by atoms with Gasteiger partial charge in [-0.05, 0) is 32.8 Å². The van der Waals surface area contributed by atoms with Gasteiger partial charge in [0, 0.05) is 18.7 Å². The Morgan fingerprint density at radius 2 is 2.05 bits per heavy atom. The van der Waals surface area contributed by atoms with Gasteiger partial charge in [-0.25, -0.2) is 0 Å². The Morgan fingerprint density at radius 3 is 2.48 bits per heavy atom. The summed E-state index contributed by atoms with van der Waals surface area (Å²) >= 11 is 0. The highest BCUT2D eigenvalue weighted by Crippen LogP contribution is 2.34. The summed E-state index contributed by atoms with van der Waals surface area (Å²) in [6, 6.07) is 1.82. The van der Waals surface area contributed by atoms with Crippen molar-refractivity contribution in [3.05, 3.63) is 17.5 Å². The summed E-state index contributed by atoms with van der Waals surface area (Å²) in [6.45, 7) is 9.68. The number of hydrogen-bond acceptors (Lipinski definition) is 4. The lowest BCUT2D eigenvalue weighted by Gasteiger charge is -2.30. The zero-order valence-electron chi connectivity index (χ0n) is 13.3. The van der Waals surface area contributed by atoms with Crippen molar-refractivity contribution in [3.8, 4) is 0 Å². The van der Waals surface area contributed by atoms with E-state index >= 15 is 0 Å². The number of carbonyl (C=O) groups excluding carboxylic acids is 1. The average Bonchev–Trinajstić information content (AvgIpc) is 2.75. The standard InChI is InChI=1S/C15H24N2O4/c1-6-17-12(8-11(5)16-17)9-15(10(3)4,13(18)19)14(20)21-7-2/h8,10H,6-7,9H2,1-5H3,(H,18,19). The molecule has 1 aromatic heterocycles. The largest absolute Gasteiger partial charge is 0.480 e. The van der Waals surface area contributed by atoms with Crippen molar-refractivity contribution < 1.29 is 19.4 Å². The van der Waals surface area contributed by atoms with Gasteiger partial charge in [0.25, 0.3) is 0 Å². The molecule has 1 atom stereocenters. The second kappa shape index (κ2) is 6.74. The fourth-order valence-corrected chi connectivity index (χ4v) is 2.48. The molecule has 0 fully saturated rings. The lowest BCUT2D eigenvalue weighted by molar-refractivity contribution is -0.172. The smallest absolute Gasteiger partial charge is 0.324 e. The highest BCUT2D eigenvalue weighted by molar-refractivity contribution is 5.99. The Balaban J connectivity index is 3.30. The Labute approximate surface area is 125 Å². The highest BCUT2D eigenvalue weighted by Gasteiger charge is 2.51. The third-order valence-corrected chi connectivity index (χ3v) is 3.75. The van der Waals surface area contributed by atoms with Gasteiger partial charge in [0.2, 0.25) is 0 Å². The Kier molecular flexibility index (Phi) is 5.52. The van der Waals surface area contributed by atoms with Crippen LogP contribution in [0.15, 0.2) is 6.07 Å². The molecule has 0 bridgehead atoms. The fraction of sp³-hybridized carbons (Fsp3) is 0.667. The van der Waals surface area contributed by atoms with E-state index in [9.17, 15) is 14.7 Å². The maximum atomic E-state index is 12.3. The number of aryl methyl sites for hydroxylation is 2. The number of ether oxygens (including phenoxy) is 1. The lowest BCUT2D eigenvalue weighted by atomic mass is 9.73. The molecule has 6 heteroatoms. The van der Waals surface area contributed by atoms with E-state index < -0.39 is 23.3 Å². The molecule has 1 heterocycles. The monoisotopic (exact) mass is 296 g/mol. The van der Waals surface area contributed by atoms with E-state index in [1.54, 1.807) is 25.5 Å². The molecular formula is C15H24N2O4. The van der Waals surface area contributed by atoms with Gasteiger partial charge in [-0.1, -0.05) is 13.8 Å². The predicted octanol–water partition coefficient (Wildman–Crippen LogP) is 2.04. The molecule has 0 spiro atoms. The van der Waals surface area contributed by atoms with E-state index in [1.807, 2.05) is 19.9 Å². The first-order chi connectivity index (χ1) is 9.79. The van der Waals surface area contributed by atoms with Crippen LogP contribution in [0.3, 0.4) is 0 Å². The molecule has 0 radical (unpaired) electrons. The van der Waals surface area contributed by atoms with Crippen LogP contribution in [0.4, 0.5) is 0 Å². The summed E-state index contributed by atoms with van der Waals surface area (Å²) in [4.78, 5) is 24.2. The van der Waals surface area contributed by atoms with Crippen LogP contribution in [0.1, 0.15) is 39.1 Å². The number of hydrogen-bond donors (Lipinski definition) is 1. The molecule has 0 saturated heterocycles. The van der Waals surface area contributed by atoms with Gasteiger partial charge < -0.3 is 9.84 Å². The zero-order valence-corrected chi connectivity index (χ0v) is 13.3. The highest BCUT2D eigenvalue weighted by atomic mass is 16.5. The van der Waals surface area contributed by atoms with Crippen LogP contribution >= 0.6 is 0 Å². The minimum Gasteiger partial charge on any atom is -0.480 e. The van der Waals surface area contributed by atoms with Crippen molar-refractivity contribution in [2.45, 2.75) is 47.6 Å². The third kappa shape index (κ3) is 3.25. The Hall–Kier alpha value is -1.85. The minimum atomic E-state index is -1.59. The first-order valence-corrected chi connectivity index (χ1v) is 7.23. The molecule has 0 aliphatic heterocycles. The van der Waals surface area contributed by atoms with E-state index in [2.05, 4.69) is 5.10 Å². The van der Waals surface area contributed by atoms with Gasteiger partial charge in [0.1, 0.15) is 0 Å². The first-order valence-electron chi connectivity index (χ1n) is 7.23. The molecule has 21 heavy (non-hydrogen) atoms. The van der Waals surface area contributed by atoms with Crippen molar-refractivity contribution in [2.24, 2.45) is 11.3 Å². The first kappa shape index (κ1) is 17.2. The molecule has 0 aliphatic rings. The van der Waals surface area contributed by atoms with E-state index in [1.165, 1.54) is 0 Å². The summed E-state index contributed by atoms with van der Waals surface area (Å²) in [5.74, 6) is -2.24. The number of esters is 1. The predicted molar refractivity (Wildman–Crippen MR) is 77.9 cm³/mol. The van der Waals surface area contributed by atoms with Gasteiger partial charge in [-0.3, -0.25) is 14.3 Å². The molecule has 0 amide bonds. The molecule has 118 valence electrons. The summed E-state index contributed by atoms with van der Waals surface area (Å²) in [7, 11) is 0. The SMILES string of the molecule is CCOC(=O)C(Cc1cc(C)nn1CC)(C(=O)O)C(C)C. The van der Waals surface area contributed by atoms with Crippen molar-refractivity contribution in [2.75, 3.05) is 6.61 Å². The maximum Gasteiger partial charge on any atom is 0.324 e. The van der Waals surface area contributed by atoms with Crippen LogP contribution in [-0.4, -0.2) is 33.4 Å². The zero-order chi connectivity index (χ0) is 16.2. The van der Waals surface area contributed by atoms with Gasteiger partial charge in [-0.15, -0.1) is 0 Å². The van der Waals surface area contributed by atoms with Gasteiger partial charge in [0.05, 0.1) is 12.3 Å². The number of nitrogens with zero attached hydrogens (tertiary/aromatic N) is 2. The number of aliphatic carboxylic acids is 1. The molecule has 0 aliphatic carbocycles. The second-order valence-electron chi connectivity index (χ2n) is 5.42. The summed E-state index contributed by atoms with van der Waals surface area (Å²) < 4.78 is 6.76. The topological polar surface area (TPSA) is 81.4 Å². The van der Waals surface area contributed by atoms with Crippen molar-refractivity contribution in [3.63, 3.8) is 0 Å². The van der Waals surface area contributed by atoms with Crippen molar-refractivity contribution in [1.82, 2.24) is 9.78 Å². The molecule has 1 rings (SSSR count). The number of carboxylic acids is 1. The molecule has 1 N–H and O–H groups in total. The molecule has 1 unspecified atom stereocenters. The number of aromatic nitrogens is 2. The van der Waals surface area contributed by atoms with Crippen molar-refractivity contribution in [1.29, 1.82) is 0 Å².